The zero-order chi connectivity index (χ0) is 17.2. The smallest absolute Gasteiger partial charge is 0.266 e. The van der Waals surface area contributed by atoms with Crippen LogP contribution >= 0.6 is 0 Å². The maximum Gasteiger partial charge on any atom is 0.266 e. The highest BCUT2D eigenvalue weighted by Gasteiger charge is 2.64. The summed E-state index contributed by atoms with van der Waals surface area (Å²) in [5, 5.41) is 0. The summed E-state index contributed by atoms with van der Waals surface area (Å²) in [6, 6.07) is 9.44. The van der Waals surface area contributed by atoms with E-state index in [1.165, 1.54) is 0 Å². The molecule has 0 saturated carbocycles. The lowest BCUT2D eigenvalue weighted by Crippen LogP contribution is -2.71. The number of hydrogen-bond acceptors (Lipinski definition) is 5. The highest BCUT2D eigenvalue weighted by molar-refractivity contribution is 5.89. The molecule has 5 rings (SSSR count). The predicted octanol–water partition coefficient (Wildman–Crippen LogP) is 1.93. The number of benzene rings is 1. The molecule has 4 heterocycles. The van der Waals surface area contributed by atoms with Gasteiger partial charge in [0, 0.05) is 12.5 Å². The second-order valence-electron chi connectivity index (χ2n) is 7.75. The minimum Gasteiger partial charge on any atom is -0.478 e. The topological polar surface area (TPSA) is 57.2 Å². The van der Waals surface area contributed by atoms with Crippen LogP contribution in [0, 0.1) is 5.92 Å². The van der Waals surface area contributed by atoms with Crippen molar-refractivity contribution >= 4 is 5.91 Å². The Kier molecular flexibility index (Phi) is 3.39. The van der Waals surface area contributed by atoms with Gasteiger partial charge in [-0.3, -0.25) is 4.79 Å². The van der Waals surface area contributed by atoms with E-state index < -0.39 is 11.9 Å². The van der Waals surface area contributed by atoms with Crippen LogP contribution in [-0.4, -0.2) is 53.8 Å². The van der Waals surface area contributed by atoms with Crippen molar-refractivity contribution in [3.8, 4) is 5.75 Å². The molecule has 1 aromatic carbocycles. The first-order valence-electron chi connectivity index (χ1n) is 9.07. The van der Waals surface area contributed by atoms with Crippen molar-refractivity contribution < 1.29 is 23.7 Å². The minimum atomic E-state index is -0.609. The number of rotatable bonds is 2. The van der Waals surface area contributed by atoms with Gasteiger partial charge in [0.05, 0.1) is 6.10 Å². The van der Waals surface area contributed by atoms with Crippen molar-refractivity contribution in [1.29, 1.82) is 0 Å². The van der Waals surface area contributed by atoms with E-state index in [1.54, 1.807) is 0 Å². The molecule has 25 heavy (non-hydrogen) atoms. The highest BCUT2D eigenvalue weighted by Crippen LogP contribution is 2.48. The Hall–Kier alpha value is -1.63. The summed E-state index contributed by atoms with van der Waals surface area (Å²) in [5.41, 5.74) is 0. The number of β-lactam (4-membered cyclic amide) rings is 1. The van der Waals surface area contributed by atoms with Crippen LogP contribution in [0.15, 0.2) is 30.3 Å². The van der Waals surface area contributed by atoms with Crippen molar-refractivity contribution in [2.24, 2.45) is 5.92 Å². The zero-order valence-corrected chi connectivity index (χ0v) is 14.5. The van der Waals surface area contributed by atoms with Crippen LogP contribution in [0.5, 0.6) is 5.75 Å². The molecule has 0 aliphatic carbocycles. The first-order valence-corrected chi connectivity index (χ1v) is 9.07. The van der Waals surface area contributed by atoms with E-state index in [4.69, 9.17) is 18.9 Å². The van der Waals surface area contributed by atoms with Gasteiger partial charge >= 0.3 is 0 Å². The minimum absolute atomic E-state index is 0.0531. The maximum absolute atomic E-state index is 12.6. The largest absolute Gasteiger partial charge is 0.478 e. The molecule has 4 aliphatic heterocycles. The number of amides is 1. The van der Waals surface area contributed by atoms with Gasteiger partial charge in [-0.25, -0.2) is 0 Å². The summed E-state index contributed by atoms with van der Waals surface area (Å²) in [5.74, 6) is 0.393. The van der Waals surface area contributed by atoms with Gasteiger partial charge < -0.3 is 23.8 Å². The maximum atomic E-state index is 12.6. The van der Waals surface area contributed by atoms with Gasteiger partial charge in [-0.2, -0.15) is 0 Å². The standard InChI is InChI=1S/C19H23NO5/c1-19(2)24-15-12-9-6-10-20-13(14(12)23-18(15)25-19)16(17(20)21)22-11-7-4-3-5-8-11/h3-5,7-8,12-16,18H,6,9-10H2,1-2H3/t12-,13-,14-,15+,16+,18+/m0/s1. The predicted molar refractivity (Wildman–Crippen MR) is 87.8 cm³/mol. The second kappa shape index (κ2) is 5.43. The summed E-state index contributed by atoms with van der Waals surface area (Å²) in [6.07, 6.45) is 0.937. The number of carbonyl (C=O) groups is 1. The molecule has 0 bridgehead atoms. The summed E-state index contributed by atoms with van der Waals surface area (Å²) in [7, 11) is 0. The second-order valence-corrected chi connectivity index (χ2v) is 7.75. The number of fused-ring (bicyclic) bond motifs is 5. The van der Waals surface area contributed by atoms with Crippen LogP contribution in [0.3, 0.4) is 0 Å². The SMILES string of the molecule is CC1(C)O[C@H]2O[C@H]3[C@H](CCCN4C(=O)[C@H](Oc5ccccc5)[C@H]34)[C@H]2O1. The van der Waals surface area contributed by atoms with Crippen molar-refractivity contribution in [3.05, 3.63) is 30.3 Å². The molecule has 4 saturated heterocycles. The molecule has 0 spiro atoms. The lowest BCUT2D eigenvalue weighted by molar-refractivity contribution is -0.226. The van der Waals surface area contributed by atoms with Crippen LogP contribution in [0.25, 0.3) is 0 Å². The molecule has 6 nitrogen and oxygen atoms in total. The molecule has 134 valence electrons. The molecule has 0 N–H and O–H groups in total. The normalized spacial score (nSPS) is 41.4. The van der Waals surface area contributed by atoms with Crippen LogP contribution in [-0.2, 0) is 19.0 Å². The molecule has 6 atom stereocenters. The molecule has 6 heteroatoms. The van der Waals surface area contributed by atoms with E-state index in [0.29, 0.717) is 5.75 Å². The quantitative estimate of drug-likeness (QED) is 0.767. The van der Waals surface area contributed by atoms with Crippen LogP contribution < -0.4 is 4.74 Å². The fourth-order valence-corrected chi connectivity index (χ4v) is 4.67. The third kappa shape index (κ3) is 2.39. The van der Waals surface area contributed by atoms with Gasteiger partial charge in [0.15, 0.2) is 18.2 Å². The van der Waals surface area contributed by atoms with E-state index >= 15 is 0 Å². The van der Waals surface area contributed by atoms with Gasteiger partial charge in [0.2, 0.25) is 0 Å². The number of ether oxygens (including phenoxy) is 4. The van der Waals surface area contributed by atoms with Crippen LogP contribution in [0.4, 0.5) is 0 Å². The Morgan fingerprint density at radius 1 is 1.16 bits per heavy atom. The third-order valence-electron chi connectivity index (χ3n) is 5.70. The molecule has 0 radical (unpaired) electrons. The average molecular weight is 345 g/mol. The van der Waals surface area contributed by atoms with Crippen molar-refractivity contribution in [3.63, 3.8) is 0 Å². The Morgan fingerprint density at radius 3 is 2.76 bits per heavy atom. The van der Waals surface area contributed by atoms with Gasteiger partial charge in [-0.05, 0) is 38.8 Å². The molecule has 4 aliphatic rings. The molecule has 4 fully saturated rings. The summed E-state index contributed by atoms with van der Waals surface area (Å²) in [6.45, 7) is 4.60. The number of hydrogen-bond donors (Lipinski definition) is 0. The zero-order valence-electron chi connectivity index (χ0n) is 14.5. The summed E-state index contributed by atoms with van der Waals surface area (Å²) < 4.78 is 24.2. The Balaban J connectivity index is 1.39. The van der Waals surface area contributed by atoms with Gasteiger partial charge in [-0.15, -0.1) is 0 Å². The van der Waals surface area contributed by atoms with Gasteiger partial charge in [0.1, 0.15) is 17.9 Å². The van der Waals surface area contributed by atoms with Gasteiger partial charge in [-0.1, -0.05) is 18.2 Å². The lowest BCUT2D eigenvalue weighted by Gasteiger charge is -2.48. The van der Waals surface area contributed by atoms with E-state index in [0.717, 1.165) is 19.4 Å². The molecule has 1 amide bonds. The molecule has 1 aromatic rings. The Labute approximate surface area is 147 Å². The number of nitrogens with zero attached hydrogens (tertiary/aromatic N) is 1. The molecule has 0 unspecified atom stereocenters. The average Bonchev–Trinajstić information content (AvgIpc) is 2.98. The summed E-state index contributed by atoms with van der Waals surface area (Å²) in [4.78, 5) is 14.5. The van der Waals surface area contributed by atoms with Crippen LogP contribution in [0.2, 0.25) is 0 Å². The first kappa shape index (κ1) is 15.6. The Bertz CT molecular complexity index is 678. The Morgan fingerprint density at radius 2 is 1.96 bits per heavy atom. The highest BCUT2D eigenvalue weighted by atomic mass is 16.8. The van der Waals surface area contributed by atoms with Crippen LogP contribution in [0.1, 0.15) is 26.7 Å². The van der Waals surface area contributed by atoms with E-state index in [-0.39, 0.29) is 36.4 Å². The monoisotopic (exact) mass is 345 g/mol. The molecule has 0 aromatic heterocycles. The third-order valence-corrected chi connectivity index (χ3v) is 5.70. The number of carbonyl (C=O) groups excluding carboxylic acids is 1. The molecular weight excluding hydrogens is 322 g/mol. The fourth-order valence-electron chi connectivity index (χ4n) is 4.67. The molecular formula is C19H23NO5. The lowest BCUT2D eigenvalue weighted by atomic mass is 9.84. The van der Waals surface area contributed by atoms with Crippen molar-refractivity contribution in [2.75, 3.05) is 6.54 Å². The van der Waals surface area contributed by atoms with Crippen molar-refractivity contribution in [1.82, 2.24) is 4.90 Å². The van der Waals surface area contributed by atoms with Gasteiger partial charge in [0.25, 0.3) is 5.91 Å². The number of para-hydroxylation sites is 1. The van der Waals surface area contributed by atoms with Crippen molar-refractivity contribution in [2.45, 2.75) is 63.1 Å². The first-order chi connectivity index (χ1) is 12.0. The van der Waals surface area contributed by atoms with E-state index in [9.17, 15) is 4.79 Å². The fraction of sp³-hybridized carbons (Fsp3) is 0.632. The van der Waals surface area contributed by atoms with E-state index in [2.05, 4.69) is 0 Å². The van der Waals surface area contributed by atoms with E-state index in [1.807, 2.05) is 49.1 Å². The summed E-state index contributed by atoms with van der Waals surface area (Å²) >= 11 is 0.